The van der Waals surface area contributed by atoms with E-state index in [9.17, 15) is 8.78 Å². The van der Waals surface area contributed by atoms with Crippen LogP contribution in [0.15, 0.2) is 59.2 Å². The molecule has 0 amide bonds. The Kier molecular flexibility index (Phi) is 5.45. The van der Waals surface area contributed by atoms with Crippen LogP contribution in [0, 0.1) is 11.6 Å². The van der Waals surface area contributed by atoms with Crippen molar-refractivity contribution in [1.29, 1.82) is 0 Å². The van der Waals surface area contributed by atoms with Gasteiger partial charge in [0.1, 0.15) is 23.1 Å². The van der Waals surface area contributed by atoms with Crippen molar-refractivity contribution < 1.29 is 8.78 Å². The minimum absolute atomic E-state index is 0.188. The summed E-state index contributed by atoms with van der Waals surface area (Å²) in [4.78, 5) is 21.0. The molecule has 2 N–H and O–H groups in total. The molecule has 1 aliphatic rings. The summed E-state index contributed by atoms with van der Waals surface area (Å²) >= 11 is 0. The van der Waals surface area contributed by atoms with E-state index >= 15 is 0 Å². The predicted molar refractivity (Wildman–Crippen MR) is 125 cm³/mol. The van der Waals surface area contributed by atoms with Crippen LogP contribution < -0.4 is 5.32 Å². The number of amidine groups is 1. The van der Waals surface area contributed by atoms with Crippen LogP contribution in [0.2, 0.25) is 0 Å². The molecule has 3 aromatic heterocycles. The Morgan fingerprint density at radius 2 is 2.09 bits per heavy atom. The van der Waals surface area contributed by atoms with Crippen molar-refractivity contribution in [2.75, 3.05) is 18.4 Å². The molecular formula is C24H23F2N7. The Hall–Kier alpha value is -3.88. The maximum atomic E-state index is 14.0. The lowest BCUT2D eigenvalue weighted by Crippen LogP contribution is -2.17. The molecule has 9 heteroatoms. The van der Waals surface area contributed by atoms with E-state index in [-0.39, 0.29) is 11.9 Å². The molecule has 168 valence electrons. The second-order valence-corrected chi connectivity index (χ2v) is 8.18. The predicted octanol–water partition coefficient (Wildman–Crippen LogP) is 4.52. The fourth-order valence-electron chi connectivity index (χ4n) is 3.99. The van der Waals surface area contributed by atoms with Crippen LogP contribution in [-0.4, -0.2) is 44.2 Å². The number of halogens is 2. The number of aromatic nitrogens is 4. The molecule has 0 fully saturated rings. The molecule has 1 aromatic carbocycles. The number of imidazole rings is 1. The van der Waals surface area contributed by atoms with Crippen LogP contribution in [0.4, 0.5) is 14.6 Å². The number of nitrogens with zero attached hydrogens (tertiary/aromatic N) is 5. The molecule has 0 saturated carbocycles. The summed E-state index contributed by atoms with van der Waals surface area (Å²) in [6.07, 6.45) is 6.93. The van der Waals surface area contributed by atoms with Crippen LogP contribution in [0.5, 0.6) is 0 Å². The van der Waals surface area contributed by atoms with Gasteiger partial charge >= 0.3 is 0 Å². The number of anilines is 1. The number of hydrogen-bond donors (Lipinski definition) is 2. The van der Waals surface area contributed by atoms with Gasteiger partial charge in [0.15, 0.2) is 5.84 Å². The third kappa shape index (κ3) is 4.02. The zero-order valence-electron chi connectivity index (χ0n) is 18.3. The minimum Gasteiger partial charge on any atom is -0.364 e. The van der Waals surface area contributed by atoms with E-state index in [4.69, 9.17) is 9.98 Å². The van der Waals surface area contributed by atoms with Gasteiger partial charge < -0.3 is 14.9 Å². The third-order valence-corrected chi connectivity index (χ3v) is 5.66. The first-order chi connectivity index (χ1) is 16.0. The smallest absolute Gasteiger partial charge is 0.177 e. The minimum atomic E-state index is -0.424. The van der Waals surface area contributed by atoms with Gasteiger partial charge in [0, 0.05) is 35.9 Å². The molecule has 4 aromatic rings. The van der Waals surface area contributed by atoms with Gasteiger partial charge in [-0.15, -0.1) is 0 Å². The monoisotopic (exact) mass is 447 g/mol. The maximum Gasteiger partial charge on any atom is 0.177 e. The molecule has 4 heterocycles. The van der Waals surface area contributed by atoms with E-state index in [0.717, 1.165) is 23.0 Å². The third-order valence-electron chi connectivity index (χ3n) is 5.66. The highest BCUT2D eigenvalue weighted by Gasteiger charge is 2.22. The van der Waals surface area contributed by atoms with Crippen molar-refractivity contribution in [2.45, 2.75) is 26.3 Å². The number of pyridine rings is 1. The number of para-hydroxylation sites is 1. The molecule has 0 aliphatic carbocycles. The number of aromatic amines is 1. The van der Waals surface area contributed by atoms with Gasteiger partial charge in [-0.2, -0.15) is 0 Å². The Bertz CT molecular complexity index is 1380. The topological polar surface area (TPSA) is 83.2 Å². The van der Waals surface area contributed by atoms with Gasteiger partial charge in [-0.3, -0.25) is 9.98 Å². The van der Waals surface area contributed by atoms with E-state index in [1.807, 2.05) is 16.8 Å². The van der Waals surface area contributed by atoms with Gasteiger partial charge in [0.05, 0.1) is 30.3 Å². The lowest BCUT2D eigenvalue weighted by atomic mass is 10.1. The summed E-state index contributed by atoms with van der Waals surface area (Å²) in [7, 11) is 0. The zero-order chi connectivity index (χ0) is 22.9. The SMILES string of the molecule is CC(C)n1cnc2c1NCC(c1cncc(F)c1)=NC2=NCCc1c[nH]c2c(F)cccc12. The molecule has 5 rings (SSSR count). The normalized spacial score (nSPS) is 14.9. The van der Waals surface area contributed by atoms with Crippen molar-refractivity contribution in [3.63, 3.8) is 0 Å². The first-order valence-electron chi connectivity index (χ1n) is 10.8. The number of nitrogens with one attached hydrogen (secondary N) is 2. The first-order valence-corrected chi connectivity index (χ1v) is 10.8. The fourth-order valence-corrected chi connectivity index (χ4v) is 3.99. The highest BCUT2D eigenvalue weighted by atomic mass is 19.1. The maximum absolute atomic E-state index is 14.0. The summed E-state index contributed by atoms with van der Waals surface area (Å²) in [5.41, 5.74) is 3.34. The van der Waals surface area contributed by atoms with Crippen LogP contribution in [0.1, 0.15) is 36.7 Å². The Labute approximate surface area is 189 Å². The Balaban J connectivity index is 1.50. The van der Waals surface area contributed by atoms with E-state index in [2.05, 4.69) is 34.1 Å². The van der Waals surface area contributed by atoms with Crippen molar-refractivity contribution in [3.05, 3.63) is 77.6 Å². The largest absolute Gasteiger partial charge is 0.364 e. The van der Waals surface area contributed by atoms with Crippen molar-refractivity contribution in [3.8, 4) is 0 Å². The molecule has 0 radical (unpaired) electrons. The quantitative estimate of drug-likeness (QED) is 0.472. The molecule has 7 nitrogen and oxygen atoms in total. The molecule has 33 heavy (non-hydrogen) atoms. The van der Waals surface area contributed by atoms with E-state index in [1.165, 1.54) is 12.1 Å². The van der Waals surface area contributed by atoms with E-state index < -0.39 is 5.82 Å². The van der Waals surface area contributed by atoms with Crippen LogP contribution in [0.3, 0.4) is 0 Å². The van der Waals surface area contributed by atoms with Crippen LogP contribution >= 0.6 is 0 Å². The van der Waals surface area contributed by atoms with Crippen LogP contribution in [0.25, 0.3) is 10.9 Å². The van der Waals surface area contributed by atoms with E-state index in [0.29, 0.717) is 47.8 Å². The number of H-pyrrole nitrogens is 1. The van der Waals surface area contributed by atoms with Gasteiger partial charge in [-0.25, -0.2) is 18.8 Å². The fraction of sp³-hybridized carbons (Fsp3) is 0.250. The Morgan fingerprint density at radius 1 is 1.21 bits per heavy atom. The molecule has 0 unspecified atom stereocenters. The summed E-state index contributed by atoms with van der Waals surface area (Å²) in [6.45, 7) is 4.96. The average Bonchev–Trinajstić information content (AvgIpc) is 3.36. The number of hydrogen-bond acceptors (Lipinski definition) is 4. The Morgan fingerprint density at radius 3 is 2.91 bits per heavy atom. The highest BCUT2D eigenvalue weighted by Crippen LogP contribution is 2.24. The number of aliphatic imine (C=N–C) groups is 2. The second-order valence-electron chi connectivity index (χ2n) is 8.18. The number of benzene rings is 1. The zero-order valence-corrected chi connectivity index (χ0v) is 18.3. The number of fused-ring (bicyclic) bond motifs is 2. The number of rotatable bonds is 5. The molecule has 0 bridgehead atoms. The van der Waals surface area contributed by atoms with Gasteiger partial charge in [-0.1, -0.05) is 12.1 Å². The molecule has 1 aliphatic heterocycles. The van der Waals surface area contributed by atoms with Crippen molar-refractivity contribution >= 4 is 28.3 Å². The second kappa shape index (κ2) is 8.57. The van der Waals surface area contributed by atoms with Gasteiger partial charge in [0.2, 0.25) is 0 Å². The summed E-state index contributed by atoms with van der Waals surface area (Å²) in [6, 6.07) is 6.62. The summed E-state index contributed by atoms with van der Waals surface area (Å²) in [5, 5.41) is 4.22. The molecule has 0 spiro atoms. The lowest BCUT2D eigenvalue weighted by molar-refractivity contribution is 0.605. The summed E-state index contributed by atoms with van der Waals surface area (Å²) < 4.78 is 29.8. The first kappa shape index (κ1) is 21.0. The van der Waals surface area contributed by atoms with Crippen molar-refractivity contribution in [1.82, 2.24) is 19.5 Å². The highest BCUT2D eigenvalue weighted by molar-refractivity contribution is 6.16. The molecule has 0 atom stereocenters. The van der Waals surface area contributed by atoms with Gasteiger partial charge in [-0.05, 0) is 38.0 Å². The van der Waals surface area contributed by atoms with Crippen molar-refractivity contribution in [2.24, 2.45) is 9.98 Å². The van der Waals surface area contributed by atoms with Crippen LogP contribution in [-0.2, 0) is 6.42 Å². The van der Waals surface area contributed by atoms with Gasteiger partial charge in [0.25, 0.3) is 0 Å². The van der Waals surface area contributed by atoms with E-state index in [1.54, 1.807) is 18.6 Å². The molecular weight excluding hydrogens is 424 g/mol. The average molecular weight is 447 g/mol. The standard InChI is InChI=1S/C24H23F2N7/c1-14(2)33-13-31-22-23(28-7-6-15-10-29-21-18(15)4-3-5-19(21)26)32-20(12-30-24(22)33)16-8-17(25)11-27-9-16/h3-5,8-11,13-14,29-30H,6-7,12H2,1-2H3. The summed E-state index contributed by atoms with van der Waals surface area (Å²) in [5.74, 6) is 0.592. The lowest BCUT2D eigenvalue weighted by Gasteiger charge is -2.13. The molecule has 0 saturated heterocycles.